The number of hydrogen-bond donors (Lipinski definition) is 1. The summed E-state index contributed by atoms with van der Waals surface area (Å²) in [6, 6.07) is 11.3. The zero-order chi connectivity index (χ0) is 18.1. The molecule has 0 atom stereocenters. The van der Waals surface area contributed by atoms with Crippen LogP contribution in [0.5, 0.6) is 0 Å². The fraction of sp³-hybridized carbons (Fsp3) is 0. The van der Waals surface area contributed by atoms with Crippen LogP contribution in [0.4, 0.5) is 5.69 Å². The van der Waals surface area contributed by atoms with Crippen LogP contribution in [0.15, 0.2) is 67.3 Å². The highest BCUT2D eigenvalue weighted by Gasteiger charge is 2.18. The van der Waals surface area contributed by atoms with Crippen molar-refractivity contribution in [1.82, 2.24) is 15.0 Å². The molecule has 0 saturated heterocycles. The van der Waals surface area contributed by atoms with Crippen LogP contribution >= 0.6 is 0 Å². The smallest absolute Gasteiger partial charge is 0.270 e. The first-order chi connectivity index (χ1) is 12.6. The van der Waals surface area contributed by atoms with Gasteiger partial charge in [-0.3, -0.25) is 19.9 Å². The monoisotopic (exact) mass is 344 g/mol. The Morgan fingerprint density at radius 1 is 1.08 bits per heavy atom. The van der Waals surface area contributed by atoms with Gasteiger partial charge in [-0.05, 0) is 12.1 Å². The summed E-state index contributed by atoms with van der Waals surface area (Å²) < 4.78 is 0. The van der Waals surface area contributed by atoms with E-state index in [-0.39, 0.29) is 17.0 Å². The minimum Gasteiger partial charge on any atom is -0.345 e. The van der Waals surface area contributed by atoms with Gasteiger partial charge in [-0.25, -0.2) is 4.98 Å². The third-order valence-corrected chi connectivity index (χ3v) is 4.09. The van der Waals surface area contributed by atoms with Gasteiger partial charge in [-0.2, -0.15) is 0 Å². The quantitative estimate of drug-likeness (QED) is 0.345. The van der Waals surface area contributed by atoms with E-state index in [0.717, 1.165) is 11.1 Å². The number of non-ortho nitro benzene ring substituents is 1. The largest absolute Gasteiger partial charge is 0.345 e. The van der Waals surface area contributed by atoms with Crippen LogP contribution in [0, 0.1) is 10.1 Å². The number of benzene rings is 1. The number of hydrogen-bond acceptors (Lipinski definition) is 5. The lowest BCUT2D eigenvalue weighted by molar-refractivity contribution is -0.384. The number of nitrogens with zero attached hydrogens (tertiary/aromatic N) is 3. The molecule has 0 aliphatic carbocycles. The van der Waals surface area contributed by atoms with Crippen molar-refractivity contribution in [2.45, 2.75) is 0 Å². The standard InChI is InChI=1S/C19H12N4O3/c24-18(12-3-1-5-15(7-12)23(25)26)17-11-22-19-16(17)8-14(10-21-19)13-4-2-6-20-9-13/h1-11H,(H,21,22). The van der Waals surface area contributed by atoms with Gasteiger partial charge < -0.3 is 4.98 Å². The average molecular weight is 344 g/mol. The van der Waals surface area contributed by atoms with Crippen LogP contribution in [0.2, 0.25) is 0 Å². The summed E-state index contributed by atoms with van der Waals surface area (Å²) >= 11 is 0. The Morgan fingerprint density at radius 3 is 2.73 bits per heavy atom. The number of aromatic amines is 1. The van der Waals surface area contributed by atoms with E-state index in [2.05, 4.69) is 15.0 Å². The predicted molar refractivity (Wildman–Crippen MR) is 95.9 cm³/mol. The number of ketones is 1. The van der Waals surface area contributed by atoms with Crippen LogP contribution in [-0.4, -0.2) is 25.7 Å². The van der Waals surface area contributed by atoms with E-state index >= 15 is 0 Å². The Morgan fingerprint density at radius 2 is 1.96 bits per heavy atom. The lowest BCUT2D eigenvalue weighted by Crippen LogP contribution is -2.01. The molecule has 3 aromatic heterocycles. The van der Waals surface area contributed by atoms with Gasteiger partial charge >= 0.3 is 0 Å². The summed E-state index contributed by atoms with van der Waals surface area (Å²) in [5.74, 6) is -0.301. The molecule has 0 bridgehead atoms. The SMILES string of the molecule is O=C(c1cccc([N+](=O)[O-])c1)c1c[nH]c2ncc(-c3cccnc3)cc12. The van der Waals surface area contributed by atoms with Crippen LogP contribution < -0.4 is 0 Å². The summed E-state index contributed by atoms with van der Waals surface area (Å²) in [6.07, 6.45) is 6.68. The molecule has 0 fully saturated rings. The molecule has 26 heavy (non-hydrogen) atoms. The van der Waals surface area contributed by atoms with Gasteiger partial charge in [0.25, 0.3) is 5.69 Å². The minimum atomic E-state index is -0.520. The molecule has 4 aromatic rings. The molecule has 7 nitrogen and oxygen atoms in total. The number of H-pyrrole nitrogens is 1. The second kappa shape index (κ2) is 6.21. The average Bonchev–Trinajstić information content (AvgIpc) is 3.11. The first-order valence-corrected chi connectivity index (χ1v) is 7.80. The van der Waals surface area contributed by atoms with Gasteiger partial charge in [0, 0.05) is 64.6 Å². The number of fused-ring (bicyclic) bond motifs is 1. The Hall–Kier alpha value is -3.87. The Labute approximate surface area is 147 Å². The van der Waals surface area contributed by atoms with Crippen molar-refractivity contribution in [1.29, 1.82) is 0 Å². The molecule has 0 saturated carbocycles. The fourth-order valence-electron chi connectivity index (χ4n) is 2.80. The molecule has 0 amide bonds. The third-order valence-electron chi connectivity index (χ3n) is 4.09. The van der Waals surface area contributed by atoms with E-state index in [1.165, 1.54) is 18.2 Å². The van der Waals surface area contributed by atoms with E-state index in [1.807, 2.05) is 18.2 Å². The van der Waals surface area contributed by atoms with Crippen LogP contribution in [0.3, 0.4) is 0 Å². The highest BCUT2D eigenvalue weighted by atomic mass is 16.6. The van der Waals surface area contributed by atoms with Crippen LogP contribution in [0.25, 0.3) is 22.2 Å². The van der Waals surface area contributed by atoms with Gasteiger partial charge in [0.15, 0.2) is 5.78 Å². The number of carbonyl (C=O) groups excluding carboxylic acids is 1. The van der Waals surface area contributed by atoms with E-state index < -0.39 is 4.92 Å². The van der Waals surface area contributed by atoms with E-state index in [0.29, 0.717) is 16.6 Å². The molecular formula is C19H12N4O3. The molecule has 0 unspecified atom stereocenters. The van der Waals surface area contributed by atoms with Gasteiger partial charge in [0.05, 0.1) is 4.92 Å². The van der Waals surface area contributed by atoms with Crippen molar-refractivity contribution in [3.05, 3.63) is 88.5 Å². The summed E-state index contributed by atoms with van der Waals surface area (Å²) in [6.45, 7) is 0. The number of nitro benzene ring substituents is 1. The van der Waals surface area contributed by atoms with E-state index in [1.54, 1.807) is 30.9 Å². The molecule has 0 radical (unpaired) electrons. The van der Waals surface area contributed by atoms with Gasteiger partial charge in [0.2, 0.25) is 0 Å². The zero-order valence-electron chi connectivity index (χ0n) is 13.4. The fourth-order valence-corrected chi connectivity index (χ4v) is 2.80. The predicted octanol–water partition coefficient (Wildman–Crippen LogP) is 3.76. The molecule has 3 heterocycles. The molecule has 126 valence electrons. The first kappa shape index (κ1) is 15.6. The van der Waals surface area contributed by atoms with Crippen LogP contribution in [-0.2, 0) is 0 Å². The summed E-state index contributed by atoms with van der Waals surface area (Å²) in [4.78, 5) is 34.7. The zero-order valence-corrected chi connectivity index (χ0v) is 13.4. The lowest BCUT2D eigenvalue weighted by Gasteiger charge is -2.03. The number of pyridine rings is 2. The molecule has 1 aromatic carbocycles. The van der Waals surface area contributed by atoms with E-state index in [4.69, 9.17) is 0 Å². The van der Waals surface area contributed by atoms with Gasteiger partial charge in [0.1, 0.15) is 5.65 Å². The van der Waals surface area contributed by atoms with Crippen molar-refractivity contribution in [3.8, 4) is 11.1 Å². The summed E-state index contributed by atoms with van der Waals surface area (Å²) in [5.41, 5.74) is 2.84. The molecule has 0 spiro atoms. The highest BCUT2D eigenvalue weighted by molar-refractivity contribution is 6.16. The van der Waals surface area contributed by atoms with Crippen molar-refractivity contribution in [3.63, 3.8) is 0 Å². The molecular weight excluding hydrogens is 332 g/mol. The summed E-state index contributed by atoms with van der Waals surface area (Å²) in [7, 11) is 0. The molecule has 0 aliphatic rings. The lowest BCUT2D eigenvalue weighted by atomic mass is 10.0. The second-order valence-corrected chi connectivity index (χ2v) is 5.70. The first-order valence-electron chi connectivity index (χ1n) is 7.80. The molecule has 1 N–H and O–H groups in total. The van der Waals surface area contributed by atoms with Crippen molar-refractivity contribution in [2.75, 3.05) is 0 Å². The maximum Gasteiger partial charge on any atom is 0.270 e. The summed E-state index contributed by atoms with van der Waals surface area (Å²) in [5, 5.41) is 11.6. The molecule has 4 rings (SSSR count). The Bertz CT molecular complexity index is 1140. The maximum absolute atomic E-state index is 12.9. The number of nitro groups is 1. The maximum atomic E-state index is 12.9. The topological polar surface area (TPSA) is 102 Å². The van der Waals surface area contributed by atoms with Crippen LogP contribution in [0.1, 0.15) is 15.9 Å². The van der Waals surface area contributed by atoms with E-state index in [9.17, 15) is 14.9 Å². The molecule has 7 heteroatoms. The minimum absolute atomic E-state index is 0.120. The Balaban J connectivity index is 1.80. The van der Waals surface area contributed by atoms with Crippen molar-refractivity contribution in [2.24, 2.45) is 0 Å². The molecule has 0 aliphatic heterocycles. The third kappa shape index (κ3) is 2.71. The van der Waals surface area contributed by atoms with Crippen molar-refractivity contribution >= 4 is 22.5 Å². The normalized spacial score (nSPS) is 10.8. The van der Waals surface area contributed by atoms with Crippen molar-refractivity contribution < 1.29 is 9.72 Å². The highest BCUT2D eigenvalue weighted by Crippen LogP contribution is 2.26. The Kier molecular flexibility index (Phi) is 3.74. The number of aromatic nitrogens is 3. The number of carbonyl (C=O) groups is 1. The van der Waals surface area contributed by atoms with Gasteiger partial charge in [-0.1, -0.05) is 18.2 Å². The second-order valence-electron chi connectivity index (χ2n) is 5.70. The number of rotatable bonds is 4. The number of nitrogens with one attached hydrogen (secondary N) is 1. The van der Waals surface area contributed by atoms with Gasteiger partial charge in [-0.15, -0.1) is 0 Å².